The van der Waals surface area contributed by atoms with Crippen LogP contribution in [0.3, 0.4) is 0 Å². The topological polar surface area (TPSA) is 309 Å². The number of carbonyl (C=O) groups excluding carboxylic acids is 10. The van der Waals surface area contributed by atoms with Gasteiger partial charge in [-0.3, -0.25) is 9.59 Å². The third kappa shape index (κ3) is 39.1. The van der Waals surface area contributed by atoms with Crippen molar-refractivity contribution >= 4 is 60.6 Å². The van der Waals surface area contributed by atoms with Gasteiger partial charge in [0.2, 0.25) is 11.3 Å². The van der Waals surface area contributed by atoms with Crippen molar-refractivity contribution in [3.8, 4) is 0 Å². The van der Waals surface area contributed by atoms with Crippen LogP contribution in [-0.2, 0) is 95.0 Å². The molecule has 6 atom stereocenters. The summed E-state index contributed by atoms with van der Waals surface area (Å²) in [5, 5.41) is 0. The molecule has 0 heterocycles. The molecule has 3 fully saturated rings. The first-order valence-electron chi connectivity index (χ1n) is 43.1. The Morgan fingerprint density at radius 3 is 0.836 bits per heavy atom. The van der Waals surface area contributed by atoms with Crippen molar-refractivity contribution in [1.82, 2.24) is 0 Å². The minimum atomic E-state index is -6.13. The van der Waals surface area contributed by atoms with E-state index in [-0.39, 0.29) is 69.3 Å². The lowest BCUT2D eigenvalue weighted by Crippen LogP contribution is -2.67. The molecule has 0 radical (unpaired) electrons. The van der Waals surface area contributed by atoms with Gasteiger partial charge in [-0.25, -0.2) is 42.7 Å². The third-order valence-corrected chi connectivity index (χ3v) is 21.0. The maximum Gasteiger partial charge on any atom is 0.510 e. The summed E-state index contributed by atoms with van der Waals surface area (Å²) < 4.78 is 448. The number of alkyl halides is 28. The van der Waals surface area contributed by atoms with Crippen LogP contribution >= 0.6 is 0 Å². The van der Waals surface area contributed by atoms with Crippen LogP contribution in [0.5, 0.6) is 0 Å². The van der Waals surface area contributed by atoms with E-state index in [1.807, 2.05) is 6.92 Å². The number of hydrogen-bond donors (Lipinski definition) is 0. The molecule has 0 aromatic rings. The lowest BCUT2D eigenvalue weighted by atomic mass is 9.73. The normalized spacial score (nSPS) is 19.2. The minimum absolute atomic E-state index is 0.0154. The Morgan fingerprint density at radius 1 is 0.293 bits per heavy atom. The lowest BCUT2D eigenvalue weighted by Gasteiger charge is -2.46. The van der Waals surface area contributed by atoms with E-state index < -0.39 is 270 Å². The van der Waals surface area contributed by atoms with E-state index in [0.29, 0.717) is 19.3 Å². The summed E-state index contributed by atoms with van der Waals surface area (Å²) in [5.41, 5.74) is -33.8. The second kappa shape index (κ2) is 48.7. The molecular weight excluding hydrogens is 1980 g/mol. The quantitative estimate of drug-likeness (QED) is 0.0269. The average molecular weight is 2100 g/mol. The fourth-order valence-corrected chi connectivity index (χ4v) is 12.4. The van der Waals surface area contributed by atoms with Crippen LogP contribution < -0.4 is 0 Å². The zero-order valence-corrected chi connectivity index (χ0v) is 82.1. The molecule has 0 aromatic heterocycles. The molecule has 0 aromatic carbocycles. The number of hydrogen-bond acceptors (Lipinski definition) is 25. The summed E-state index contributed by atoms with van der Waals surface area (Å²) in [6.07, 6.45) is -70.2. The smallest absolute Gasteiger partial charge is 0.462 e. The number of ether oxygens (including phenoxy) is 15. The number of carbonyl (C=O) groups is 10. The van der Waals surface area contributed by atoms with Gasteiger partial charge in [-0.1, -0.05) is 46.8 Å². The molecule has 3 aliphatic carbocycles. The van der Waals surface area contributed by atoms with Gasteiger partial charge in [0, 0.05) is 23.5 Å². The van der Waals surface area contributed by atoms with Crippen LogP contribution in [0.2, 0.25) is 0 Å². The van der Waals surface area contributed by atoms with Crippen LogP contribution in [0.4, 0.5) is 147 Å². The highest BCUT2D eigenvalue weighted by molar-refractivity contribution is 5.87. The van der Waals surface area contributed by atoms with E-state index in [2.05, 4.69) is 60.5 Å². The van der Waals surface area contributed by atoms with Crippen molar-refractivity contribution in [2.24, 2.45) is 28.6 Å². The van der Waals surface area contributed by atoms with Crippen LogP contribution in [0.15, 0.2) is 24.3 Å². The molecule has 0 saturated heterocycles. The van der Waals surface area contributed by atoms with Crippen molar-refractivity contribution in [3.05, 3.63) is 24.3 Å². The SMILES string of the molecule is C=C(C)C(=O)OCC(OC(=O)OC(C)(C)C)(C(F)(F)F)C(F)(F)F.C=C(C)C(=O)OCCCC(OC(=O)OC(C)(C)C)(C(F)(F)F)C(F)(F)F.CCC(C)(C)C(=O)OC1CCC(C(C)(OC(=O)OC(C)(C)C)C(F)(F)F)CC1.CCC(C)(C)C(=O)OC1CCCCC1C(OC(=O)OC(C)(C)C)(C(F)(F)F)C(F)(F)F.CCC(C)(F)C(=O)OC1CCCCC1C(OC(=O)OC(C)(C)C)(C(F)(F)F)C(F)(F)F. The summed E-state index contributed by atoms with van der Waals surface area (Å²) in [4.78, 5) is 118. The van der Waals surface area contributed by atoms with Crippen molar-refractivity contribution < 1.29 is 242 Å². The molecule has 53 heteroatoms. The molecule has 6 unspecified atom stereocenters. The van der Waals surface area contributed by atoms with Gasteiger partial charge in [0.1, 0.15) is 46.3 Å². The predicted molar refractivity (Wildman–Crippen MR) is 435 cm³/mol. The van der Waals surface area contributed by atoms with Crippen LogP contribution in [0.1, 0.15) is 289 Å². The van der Waals surface area contributed by atoms with Crippen molar-refractivity contribution in [2.45, 2.75) is 425 Å². The molecule has 0 bridgehead atoms. The van der Waals surface area contributed by atoms with Gasteiger partial charge in [-0.15, -0.1) is 0 Å². The van der Waals surface area contributed by atoms with E-state index >= 15 is 0 Å². The average Bonchev–Trinajstić information content (AvgIpc) is 0.723. The van der Waals surface area contributed by atoms with Crippen molar-refractivity contribution in [1.29, 1.82) is 0 Å². The van der Waals surface area contributed by atoms with E-state index in [4.69, 9.17) is 23.7 Å². The maximum absolute atomic E-state index is 14.2. The highest BCUT2D eigenvalue weighted by atomic mass is 19.5. The van der Waals surface area contributed by atoms with E-state index in [9.17, 15) is 171 Å². The molecule has 3 rings (SSSR count). The Kier molecular flexibility index (Phi) is 46.4. The van der Waals surface area contributed by atoms with Gasteiger partial charge in [-0.05, 0) is 249 Å². The van der Waals surface area contributed by atoms with Gasteiger partial charge in [0.15, 0.2) is 6.61 Å². The number of rotatable bonds is 25. The number of halogens is 28. The molecule has 140 heavy (non-hydrogen) atoms. The van der Waals surface area contributed by atoms with E-state index in [0.717, 1.165) is 20.8 Å². The second-order valence-electron chi connectivity index (χ2n) is 39.5. The van der Waals surface area contributed by atoms with Gasteiger partial charge in [0.25, 0.3) is 0 Å². The minimum Gasteiger partial charge on any atom is -0.462 e. The van der Waals surface area contributed by atoms with Gasteiger partial charge >= 0.3 is 139 Å². The third-order valence-electron chi connectivity index (χ3n) is 21.0. The van der Waals surface area contributed by atoms with Gasteiger partial charge in [-0.2, -0.15) is 119 Å². The Balaban J connectivity index is 0. The highest BCUT2D eigenvalue weighted by Gasteiger charge is 2.82. The van der Waals surface area contributed by atoms with Crippen molar-refractivity contribution in [2.75, 3.05) is 13.2 Å². The molecule has 3 aliphatic rings. The molecule has 25 nitrogen and oxygen atoms in total. The Hall–Kier alpha value is -8.78. The molecule has 0 N–H and O–H groups in total. The molecule has 3 saturated carbocycles. The molecule has 820 valence electrons. The zero-order valence-electron chi connectivity index (χ0n) is 82.1. The molecule has 0 spiro atoms. The second-order valence-corrected chi connectivity index (χ2v) is 39.5. The largest absolute Gasteiger partial charge is 0.510 e. The monoisotopic (exact) mass is 2100 g/mol. The fourth-order valence-electron chi connectivity index (χ4n) is 12.4. The predicted octanol–water partition coefficient (Wildman–Crippen LogP) is 26.8. The Labute approximate surface area is 791 Å². The zero-order chi connectivity index (χ0) is 111. The summed E-state index contributed by atoms with van der Waals surface area (Å²) in [7, 11) is 0. The first-order valence-corrected chi connectivity index (χ1v) is 43.1. The Bertz CT molecular complexity index is 3910. The highest BCUT2D eigenvalue weighted by Crippen LogP contribution is 2.59. The molecule has 0 aliphatic heterocycles. The first-order chi connectivity index (χ1) is 61.9. The van der Waals surface area contributed by atoms with Gasteiger partial charge in [0.05, 0.1) is 29.3 Å². The number of esters is 5. The first kappa shape index (κ1) is 133. The molecular formula is C87H126F28O25. The lowest BCUT2D eigenvalue weighted by molar-refractivity contribution is -0.394. The van der Waals surface area contributed by atoms with Crippen LogP contribution in [0.25, 0.3) is 0 Å². The standard InChI is InChI=1S/C20H30F6O5.C20H33F3O5.C19H27F7O5.C15H20F6O5.C13H16F6O5/c1-7-17(5,6)14(27)29-13-11-9-8-10-12(13)18(19(21,22)23,20(24,25)26)31-15(28)30-16(2,3)4;1-8-18(5,6)15(24)26-14-11-9-13(10-12-14)19(7,20(21,22)23)28-16(25)27-17(2,3)4;1-6-16(5,20)13(27)29-12-10-8-7-9-11(12)17(18(21,22)23,19(24,25)26)31-14(28)30-15(2,3)4;1-9(2)10(22)24-8-6-7-13(14(16,17)18,15(19,20)21)26-11(23)25-12(3,4)5;1-7(2)8(20)22-6-11(12(14,15)16,13(17,18)19)24-9(21)23-10(3,4)5/h12-13H,7-11H2,1-6H3;13-14H,8-12H2,1-7H3;11-12H,6-10H2,1-5H3;1,6-8H2,2-5H3;1,6H2,2-5H3. The maximum atomic E-state index is 14.2. The summed E-state index contributed by atoms with van der Waals surface area (Å²) >= 11 is 0. The summed E-state index contributed by atoms with van der Waals surface area (Å²) in [6, 6.07) is 0. The summed E-state index contributed by atoms with van der Waals surface area (Å²) in [6.45, 7) is 37.9. The molecule has 0 amide bonds. The van der Waals surface area contributed by atoms with E-state index in [1.54, 1.807) is 41.5 Å². The van der Waals surface area contributed by atoms with Crippen LogP contribution in [0, 0.1) is 28.6 Å². The fraction of sp³-hybridized carbons (Fsp3) is 0.839. The van der Waals surface area contributed by atoms with Crippen LogP contribution in [-0.4, -0.2) is 209 Å². The Morgan fingerprint density at radius 2 is 0.564 bits per heavy atom. The van der Waals surface area contributed by atoms with E-state index in [1.165, 1.54) is 111 Å². The van der Waals surface area contributed by atoms with Gasteiger partial charge < -0.3 is 71.1 Å². The summed E-state index contributed by atoms with van der Waals surface area (Å²) in [5.74, 6) is -11.2. The van der Waals surface area contributed by atoms with Crippen molar-refractivity contribution in [3.63, 3.8) is 0 Å².